The molecule has 0 aromatic heterocycles. The zero-order chi connectivity index (χ0) is 10.3. The summed E-state index contributed by atoms with van der Waals surface area (Å²) in [5.41, 5.74) is 6.28. The van der Waals surface area contributed by atoms with Crippen molar-refractivity contribution in [3.8, 4) is 5.75 Å². The van der Waals surface area contributed by atoms with Crippen molar-refractivity contribution in [2.24, 2.45) is 5.73 Å². The Balaban J connectivity index is 2.64. The summed E-state index contributed by atoms with van der Waals surface area (Å²) in [6.45, 7) is 0.436. The first-order chi connectivity index (χ1) is 6.61. The molecule has 0 bridgehead atoms. The minimum atomic E-state index is -0.926. The Bertz CT molecular complexity index is 384. The number of hydrogen-bond donors (Lipinski definition) is 1. The van der Waals surface area contributed by atoms with Gasteiger partial charge in [-0.3, -0.25) is 0 Å². The third-order valence-electron chi connectivity index (χ3n) is 2.22. The lowest BCUT2D eigenvalue weighted by molar-refractivity contribution is 0.265. The first-order valence-corrected chi connectivity index (χ1v) is 4.96. The predicted octanol–water partition coefficient (Wildman–Crippen LogP) is 2.51. The van der Waals surface area contributed by atoms with E-state index < -0.39 is 11.6 Å². The van der Waals surface area contributed by atoms with E-state index in [-0.39, 0.29) is 10.5 Å². The van der Waals surface area contributed by atoms with Crippen molar-refractivity contribution in [3.63, 3.8) is 0 Å². The monoisotopic (exact) mass is 263 g/mol. The van der Waals surface area contributed by atoms with E-state index in [1.165, 1.54) is 0 Å². The van der Waals surface area contributed by atoms with Gasteiger partial charge in [0.1, 0.15) is 5.75 Å². The maximum absolute atomic E-state index is 13.2. The van der Waals surface area contributed by atoms with Crippen LogP contribution in [0.1, 0.15) is 18.0 Å². The molecule has 1 heterocycles. The molecule has 2 N–H and O–H groups in total. The number of nitrogens with two attached hydrogens (primary N) is 1. The molecule has 1 aliphatic rings. The summed E-state index contributed by atoms with van der Waals surface area (Å²) >= 11 is 2.98. The molecule has 2 nitrogen and oxygen atoms in total. The van der Waals surface area contributed by atoms with E-state index >= 15 is 0 Å². The number of halogens is 3. The Labute approximate surface area is 88.2 Å². The molecule has 0 saturated heterocycles. The van der Waals surface area contributed by atoms with Crippen LogP contribution in [0.5, 0.6) is 5.75 Å². The van der Waals surface area contributed by atoms with Gasteiger partial charge in [0.25, 0.3) is 0 Å². The number of fused-ring (bicyclic) bond motifs is 1. The molecule has 0 radical (unpaired) electrons. The zero-order valence-electron chi connectivity index (χ0n) is 7.19. The topological polar surface area (TPSA) is 35.2 Å². The molecule has 5 heteroatoms. The van der Waals surface area contributed by atoms with Crippen LogP contribution < -0.4 is 10.5 Å². The van der Waals surface area contributed by atoms with E-state index in [1.54, 1.807) is 0 Å². The largest absolute Gasteiger partial charge is 0.493 e. The summed E-state index contributed by atoms with van der Waals surface area (Å²) < 4.78 is 31.4. The molecule has 0 aliphatic carbocycles. The van der Waals surface area contributed by atoms with E-state index in [0.717, 1.165) is 6.07 Å². The standard InChI is InChI=1S/C9H8BrF2NO/c10-8-7-5(13)1-2-14-6(7)3-4(11)9(8)12/h3,5H,1-2,13H2/t5-/m1/s1. The van der Waals surface area contributed by atoms with Gasteiger partial charge in [0.2, 0.25) is 0 Å². The molecule has 0 unspecified atom stereocenters. The van der Waals surface area contributed by atoms with Gasteiger partial charge in [0, 0.05) is 24.1 Å². The summed E-state index contributed by atoms with van der Waals surface area (Å²) in [5.74, 6) is -1.51. The number of ether oxygens (including phenoxy) is 1. The quantitative estimate of drug-likeness (QED) is 0.731. The molecule has 1 aromatic carbocycles. The number of rotatable bonds is 0. The Morgan fingerprint density at radius 1 is 1.50 bits per heavy atom. The van der Waals surface area contributed by atoms with E-state index in [1.807, 2.05) is 0 Å². The van der Waals surface area contributed by atoms with Crippen LogP contribution in [0.4, 0.5) is 8.78 Å². The van der Waals surface area contributed by atoms with E-state index in [9.17, 15) is 8.78 Å². The normalized spacial score (nSPS) is 20.1. The Morgan fingerprint density at radius 3 is 2.93 bits per heavy atom. The van der Waals surface area contributed by atoms with Crippen LogP contribution in [0, 0.1) is 11.6 Å². The van der Waals surface area contributed by atoms with Crippen molar-refractivity contribution in [1.29, 1.82) is 0 Å². The summed E-state index contributed by atoms with van der Waals surface area (Å²) in [6.07, 6.45) is 0.608. The van der Waals surface area contributed by atoms with Crippen LogP contribution >= 0.6 is 15.9 Å². The van der Waals surface area contributed by atoms with Gasteiger partial charge in [-0.25, -0.2) is 8.78 Å². The van der Waals surface area contributed by atoms with Crippen molar-refractivity contribution in [1.82, 2.24) is 0 Å². The predicted molar refractivity (Wildman–Crippen MR) is 51.1 cm³/mol. The molecule has 0 amide bonds. The fraction of sp³-hybridized carbons (Fsp3) is 0.333. The molecule has 1 aromatic rings. The minimum absolute atomic E-state index is 0.0692. The fourth-order valence-electron chi connectivity index (χ4n) is 1.49. The van der Waals surface area contributed by atoms with E-state index in [4.69, 9.17) is 10.5 Å². The van der Waals surface area contributed by atoms with Gasteiger partial charge in [-0.05, 0) is 15.9 Å². The molecule has 2 rings (SSSR count). The van der Waals surface area contributed by atoms with Gasteiger partial charge >= 0.3 is 0 Å². The molecule has 0 saturated carbocycles. The van der Waals surface area contributed by atoms with E-state index in [2.05, 4.69) is 15.9 Å². The van der Waals surface area contributed by atoms with Crippen molar-refractivity contribution in [2.45, 2.75) is 12.5 Å². The van der Waals surface area contributed by atoms with Crippen LogP contribution in [0.3, 0.4) is 0 Å². The highest BCUT2D eigenvalue weighted by Gasteiger charge is 2.25. The Morgan fingerprint density at radius 2 is 2.21 bits per heavy atom. The summed E-state index contributed by atoms with van der Waals surface area (Å²) in [5, 5.41) is 0. The molecule has 1 aliphatic heterocycles. The summed E-state index contributed by atoms with van der Waals surface area (Å²) in [4.78, 5) is 0. The van der Waals surface area contributed by atoms with Crippen LogP contribution in [0.15, 0.2) is 10.5 Å². The van der Waals surface area contributed by atoms with Crippen LogP contribution in [0.25, 0.3) is 0 Å². The van der Waals surface area contributed by atoms with Crippen LogP contribution in [-0.4, -0.2) is 6.61 Å². The van der Waals surface area contributed by atoms with Crippen molar-refractivity contribution < 1.29 is 13.5 Å². The summed E-state index contributed by atoms with van der Waals surface area (Å²) in [7, 11) is 0. The molecular weight excluding hydrogens is 256 g/mol. The van der Waals surface area contributed by atoms with Gasteiger partial charge < -0.3 is 10.5 Å². The van der Waals surface area contributed by atoms with E-state index in [0.29, 0.717) is 24.3 Å². The molecule has 76 valence electrons. The second-order valence-electron chi connectivity index (χ2n) is 3.14. The highest BCUT2D eigenvalue weighted by molar-refractivity contribution is 9.10. The molecule has 14 heavy (non-hydrogen) atoms. The third kappa shape index (κ3) is 1.40. The van der Waals surface area contributed by atoms with Crippen molar-refractivity contribution in [2.75, 3.05) is 6.61 Å². The number of hydrogen-bond acceptors (Lipinski definition) is 2. The van der Waals surface area contributed by atoms with Crippen LogP contribution in [-0.2, 0) is 0 Å². The smallest absolute Gasteiger partial charge is 0.173 e. The first-order valence-electron chi connectivity index (χ1n) is 4.17. The second-order valence-corrected chi connectivity index (χ2v) is 3.93. The third-order valence-corrected chi connectivity index (χ3v) is 2.99. The fourth-order valence-corrected chi connectivity index (χ4v) is 2.17. The van der Waals surface area contributed by atoms with Crippen molar-refractivity contribution >= 4 is 15.9 Å². The highest BCUT2D eigenvalue weighted by atomic mass is 79.9. The Kier molecular flexibility index (Phi) is 2.45. The lowest BCUT2D eigenvalue weighted by Gasteiger charge is -2.24. The van der Waals surface area contributed by atoms with Gasteiger partial charge in [-0.2, -0.15) is 0 Å². The van der Waals surface area contributed by atoms with Gasteiger partial charge in [-0.15, -0.1) is 0 Å². The first kappa shape index (κ1) is 9.86. The highest BCUT2D eigenvalue weighted by Crippen LogP contribution is 2.38. The zero-order valence-corrected chi connectivity index (χ0v) is 8.77. The lowest BCUT2D eigenvalue weighted by atomic mass is 10.0. The maximum Gasteiger partial charge on any atom is 0.173 e. The average molecular weight is 264 g/mol. The number of benzene rings is 1. The van der Waals surface area contributed by atoms with Crippen molar-refractivity contribution in [3.05, 3.63) is 27.7 Å². The molecular formula is C9H8BrF2NO. The van der Waals surface area contributed by atoms with Crippen LogP contribution in [0.2, 0.25) is 0 Å². The maximum atomic E-state index is 13.2. The SMILES string of the molecule is N[C@@H]1CCOc2cc(F)c(F)c(Br)c21. The lowest BCUT2D eigenvalue weighted by Crippen LogP contribution is -2.21. The Hall–Kier alpha value is -0.680. The van der Waals surface area contributed by atoms with Gasteiger partial charge in [0.15, 0.2) is 11.6 Å². The van der Waals surface area contributed by atoms with Gasteiger partial charge in [-0.1, -0.05) is 0 Å². The van der Waals surface area contributed by atoms with Gasteiger partial charge in [0.05, 0.1) is 11.1 Å². The average Bonchev–Trinajstić information content (AvgIpc) is 2.14. The minimum Gasteiger partial charge on any atom is -0.493 e. The molecule has 0 fully saturated rings. The second kappa shape index (κ2) is 3.47. The summed E-state index contributed by atoms with van der Waals surface area (Å²) in [6, 6.07) is 0.734. The molecule has 0 spiro atoms. The molecule has 1 atom stereocenters.